The first-order valence-electron chi connectivity index (χ1n) is 8.31. The summed E-state index contributed by atoms with van der Waals surface area (Å²) in [5.74, 6) is 0.581. The number of carbonyl (C=O) groups excluding carboxylic acids is 1. The number of nitrogens with zero attached hydrogens (tertiary/aromatic N) is 1. The molecule has 0 aliphatic carbocycles. The highest BCUT2D eigenvalue weighted by Gasteiger charge is 2.28. The van der Waals surface area contributed by atoms with Crippen LogP contribution in [0.15, 0.2) is 30.3 Å². The topological polar surface area (TPSA) is 32.3 Å². The van der Waals surface area contributed by atoms with E-state index in [-0.39, 0.29) is 18.3 Å². The van der Waals surface area contributed by atoms with Gasteiger partial charge in [-0.2, -0.15) is 0 Å². The molecule has 1 aromatic carbocycles. The number of hydrogen-bond acceptors (Lipinski definition) is 2. The Labute approximate surface area is 140 Å². The van der Waals surface area contributed by atoms with Crippen LogP contribution in [0.1, 0.15) is 38.7 Å². The van der Waals surface area contributed by atoms with E-state index in [2.05, 4.69) is 48.3 Å². The Morgan fingerprint density at radius 2 is 1.86 bits per heavy atom. The number of carbonyl (C=O) groups is 1. The van der Waals surface area contributed by atoms with Crippen molar-refractivity contribution >= 4 is 18.3 Å². The van der Waals surface area contributed by atoms with Gasteiger partial charge in [0.25, 0.3) is 0 Å². The number of hydrogen-bond donors (Lipinski definition) is 1. The number of benzene rings is 1. The highest BCUT2D eigenvalue weighted by molar-refractivity contribution is 5.85. The summed E-state index contributed by atoms with van der Waals surface area (Å²) in [6, 6.07) is 10.8. The maximum absolute atomic E-state index is 12.8. The van der Waals surface area contributed by atoms with Gasteiger partial charge in [-0.1, -0.05) is 37.3 Å². The molecule has 0 radical (unpaired) electrons. The third-order valence-corrected chi connectivity index (χ3v) is 4.54. The first-order chi connectivity index (χ1) is 10.3. The summed E-state index contributed by atoms with van der Waals surface area (Å²) < 4.78 is 0. The Hall–Kier alpha value is -1.06. The van der Waals surface area contributed by atoms with Crippen molar-refractivity contribution < 1.29 is 4.79 Å². The Morgan fingerprint density at radius 3 is 2.41 bits per heavy atom. The summed E-state index contributed by atoms with van der Waals surface area (Å²) in [5, 5.41) is 3.34. The first kappa shape index (κ1) is 19.0. The summed E-state index contributed by atoms with van der Waals surface area (Å²) in [7, 11) is 0. The van der Waals surface area contributed by atoms with E-state index in [9.17, 15) is 4.79 Å². The van der Waals surface area contributed by atoms with Crippen LogP contribution in [0.2, 0.25) is 0 Å². The van der Waals surface area contributed by atoms with E-state index in [4.69, 9.17) is 0 Å². The van der Waals surface area contributed by atoms with Crippen LogP contribution in [0.25, 0.3) is 0 Å². The molecule has 3 nitrogen and oxygen atoms in total. The van der Waals surface area contributed by atoms with Gasteiger partial charge < -0.3 is 10.2 Å². The smallest absolute Gasteiger partial charge is 0.226 e. The third-order valence-electron chi connectivity index (χ3n) is 4.54. The zero-order chi connectivity index (χ0) is 15.1. The lowest BCUT2D eigenvalue weighted by Crippen LogP contribution is -2.46. The van der Waals surface area contributed by atoms with Gasteiger partial charge in [0.05, 0.1) is 0 Å². The predicted molar refractivity (Wildman–Crippen MR) is 94.5 cm³/mol. The molecule has 0 bridgehead atoms. The van der Waals surface area contributed by atoms with E-state index in [0.717, 1.165) is 45.3 Å². The van der Waals surface area contributed by atoms with Crippen molar-refractivity contribution in [2.24, 2.45) is 5.92 Å². The Bertz CT molecular complexity index is 432. The van der Waals surface area contributed by atoms with Crippen molar-refractivity contribution in [2.45, 2.75) is 45.6 Å². The molecule has 1 fully saturated rings. The van der Waals surface area contributed by atoms with Crippen LogP contribution in [-0.2, 0) is 11.2 Å². The second kappa shape index (κ2) is 9.86. The maximum atomic E-state index is 12.8. The Kier molecular flexibility index (Phi) is 8.51. The molecule has 1 heterocycles. The monoisotopic (exact) mass is 324 g/mol. The number of likely N-dealkylation sites (N-methyl/N-ethyl adjacent to an activating group) is 1. The van der Waals surface area contributed by atoms with Crippen LogP contribution >= 0.6 is 12.4 Å². The van der Waals surface area contributed by atoms with E-state index in [1.165, 1.54) is 5.56 Å². The van der Waals surface area contributed by atoms with Crippen LogP contribution < -0.4 is 5.32 Å². The van der Waals surface area contributed by atoms with Crippen LogP contribution in [0, 0.1) is 5.92 Å². The molecule has 1 amide bonds. The highest BCUT2D eigenvalue weighted by Crippen LogP contribution is 2.20. The van der Waals surface area contributed by atoms with Gasteiger partial charge >= 0.3 is 0 Å². The van der Waals surface area contributed by atoms with Crippen LogP contribution in [0.5, 0.6) is 0 Å². The molecule has 22 heavy (non-hydrogen) atoms. The minimum absolute atomic E-state index is 0. The average Bonchev–Trinajstić information content (AvgIpc) is 2.56. The van der Waals surface area contributed by atoms with Gasteiger partial charge in [-0.05, 0) is 51.3 Å². The van der Waals surface area contributed by atoms with E-state index >= 15 is 0 Å². The summed E-state index contributed by atoms with van der Waals surface area (Å²) in [6.45, 7) is 7.06. The molecule has 0 aromatic heterocycles. The van der Waals surface area contributed by atoms with Crippen molar-refractivity contribution in [3.8, 4) is 0 Å². The molecule has 124 valence electrons. The molecule has 1 aliphatic rings. The van der Waals surface area contributed by atoms with Gasteiger partial charge in [0, 0.05) is 18.5 Å². The molecule has 0 spiro atoms. The highest BCUT2D eigenvalue weighted by atomic mass is 35.5. The summed E-state index contributed by atoms with van der Waals surface area (Å²) in [5.41, 5.74) is 1.32. The molecule has 1 unspecified atom stereocenters. The zero-order valence-corrected chi connectivity index (χ0v) is 14.6. The Morgan fingerprint density at radius 1 is 1.23 bits per heavy atom. The number of amides is 1. The van der Waals surface area contributed by atoms with Crippen LogP contribution in [0.3, 0.4) is 0 Å². The number of rotatable bonds is 6. The maximum Gasteiger partial charge on any atom is 0.226 e. The van der Waals surface area contributed by atoms with Gasteiger partial charge in [-0.25, -0.2) is 0 Å². The molecule has 0 saturated carbocycles. The lowest BCUT2D eigenvalue weighted by Gasteiger charge is -2.34. The minimum atomic E-state index is 0. The first-order valence-corrected chi connectivity index (χ1v) is 8.31. The largest absolute Gasteiger partial charge is 0.339 e. The number of nitrogens with one attached hydrogen (secondary N) is 1. The summed E-state index contributed by atoms with van der Waals surface area (Å²) in [4.78, 5) is 14.9. The van der Waals surface area contributed by atoms with Crippen molar-refractivity contribution in [1.82, 2.24) is 10.2 Å². The summed E-state index contributed by atoms with van der Waals surface area (Å²) in [6.07, 6.45) is 3.94. The number of piperidine rings is 1. The average molecular weight is 325 g/mol. The minimum Gasteiger partial charge on any atom is -0.339 e. The SMILES string of the molecule is CCC(Cc1ccccc1)N(CC)C(=O)C1CCNCC1.Cl. The van der Waals surface area contributed by atoms with Gasteiger partial charge in [-0.3, -0.25) is 4.79 Å². The quantitative estimate of drug-likeness (QED) is 0.871. The second-order valence-corrected chi connectivity index (χ2v) is 5.90. The standard InChI is InChI=1S/C18H28N2O.ClH/c1-3-17(14-15-8-6-5-7-9-15)20(4-2)18(21)16-10-12-19-13-11-16;/h5-9,16-17,19H,3-4,10-14H2,1-2H3;1H. The molecular weight excluding hydrogens is 296 g/mol. The lowest BCUT2D eigenvalue weighted by atomic mass is 9.94. The van der Waals surface area contributed by atoms with Crippen LogP contribution in [0.4, 0.5) is 0 Å². The molecule has 2 rings (SSSR count). The van der Waals surface area contributed by atoms with Gasteiger partial charge in [0.1, 0.15) is 0 Å². The lowest BCUT2D eigenvalue weighted by molar-refractivity contribution is -0.138. The molecule has 1 aromatic rings. The fourth-order valence-corrected chi connectivity index (χ4v) is 3.26. The van der Waals surface area contributed by atoms with E-state index in [1.807, 2.05) is 6.07 Å². The molecule has 1 N–H and O–H groups in total. The molecule has 1 saturated heterocycles. The van der Waals surface area contributed by atoms with Crippen LogP contribution in [-0.4, -0.2) is 36.5 Å². The van der Waals surface area contributed by atoms with Crippen molar-refractivity contribution in [1.29, 1.82) is 0 Å². The van der Waals surface area contributed by atoms with E-state index in [0.29, 0.717) is 11.9 Å². The van der Waals surface area contributed by atoms with E-state index < -0.39 is 0 Å². The third kappa shape index (κ3) is 4.99. The molecule has 1 aliphatic heterocycles. The van der Waals surface area contributed by atoms with E-state index in [1.54, 1.807) is 0 Å². The summed E-state index contributed by atoms with van der Waals surface area (Å²) >= 11 is 0. The van der Waals surface area contributed by atoms with Gasteiger partial charge in [-0.15, -0.1) is 12.4 Å². The second-order valence-electron chi connectivity index (χ2n) is 5.90. The normalized spacial score (nSPS) is 16.6. The van der Waals surface area contributed by atoms with Crippen molar-refractivity contribution in [2.75, 3.05) is 19.6 Å². The molecule has 4 heteroatoms. The zero-order valence-electron chi connectivity index (χ0n) is 13.8. The Balaban J connectivity index is 0.00000242. The van der Waals surface area contributed by atoms with Crippen molar-refractivity contribution in [3.05, 3.63) is 35.9 Å². The number of halogens is 1. The van der Waals surface area contributed by atoms with Crippen molar-refractivity contribution in [3.63, 3.8) is 0 Å². The predicted octanol–water partition coefficient (Wildman–Crippen LogP) is 3.28. The molecular formula is C18H29ClN2O. The fraction of sp³-hybridized carbons (Fsp3) is 0.611. The van der Waals surface area contributed by atoms with Gasteiger partial charge in [0.15, 0.2) is 0 Å². The van der Waals surface area contributed by atoms with Gasteiger partial charge in [0.2, 0.25) is 5.91 Å². The molecule has 1 atom stereocenters. The fourth-order valence-electron chi connectivity index (χ4n) is 3.26.